The van der Waals surface area contributed by atoms with Crippen molar-refractivity contribution in [2.45, 2.75) is 6.54 Å². The Labute approximate surface area is 193 Å². The van der Waals surface area contributed by atoms with Crippen LogP contribution >= 0.6 is 28.1 Å². The monoisotopic (exact) mass is 487 g/mol. The van der Waals surface area contributed by atoms with Gasteiger partial charge >= 0.3 is 0 Å². The summed E-state index contributed by atoms with van der Waals surface area (Å²) >= 11 is 9.02. The number of halogens is 1. The van der Waals surface area contributed by atoms with Gasteiger partial charge in [0.2, 0.25) is 0 Å². The molecule has 1 aromatic heterocycles. The largest absolute Gasteiger partial charge is 0.342 e. The van der Waals surface area contributed by atoms with Crippen LogP contribution in [0.4, 0.5) is 5.69 Å². The van der Waals surface area contributed by atoms with Crippen molar-refractivity contribution >= 4 is 61.8 Å². The first kappa shape index (κ1) is 19.7. The molecule has 1 aliphatic rings. The summed E-state index contributed by atoms with van der Waals surface area (Å²) in [7, 11) is 0. The van der Waals surface area contributed by atoms with Gasteiger partial charge in [0.05, 0.1) is 5.69 Å². The Morgan fingerprint density at radius 3 is 2.42 bits per heavy atom. The standard InChI is InChI=1S/C25H18BrN3OS/c26-19-11-12-23-21(14-19)18(16-28(23)15-17-7-3-1-4-8-17)13-22-24(30)29(25(31)27-22)20-9-5-2-6-10-20/h1-14,16H,15H2,(H,27,31)/b22-13-. The van der Waals surface area contributed by atoms with E-state index in [1.54, 1.807) is 0 Å². The molecule has 3 aromatic carbocycles. The molecule has 31 heavy (non-hydrogen) atoms. The predicted molar refractivity (Wildman–Crippen MR) is 133 cm³/mol. The molecule has 1 amide bonds. The fourth-order valence-corrected chi connectivity index (χ4v) is 4.48. The molecule has 1 saturated heterocycles. The number of para-hydroxylation sites is 1. The van der Waals surface area contributed by atoms with E-state index in [0.29, 0.717) is 10.8 Å². The van der Waals surface area contributed by atoms with Gasteiger partial charge in [-0.1, -0.05) is 64.5 Å². The van der Waals surface area contributed by atoms with Crippen LogP contribution < -0.4 is 10.2 Å². The lowest BCUT2D eigenvalue weighted by atomic mass is 10.1. The Hall–Kier alpha value is -3.22. The summed E-state index contributed by atoms with van der Waals surface area (Å²) in [5.41, 5.74) is 4.50. The number of benzene rings is 3. The number of carbonyl (C=O) groups is 1. The van der Waals surface area contributed by atoms with Crippen molar-refractivity contribution in [3.05, 3.63) is 106 Å². The lowest BCUT2D eigenvalue weighted by molar-refractivity contribution is -0.113. The van der Waals surface area contributed by atoms with Gasteiger partial charge in [-0.15, -0.1) is 0 Å². The van der Waals surface area contributed by atoms with Gasteiger partial charge in [0, 0.05) is 33.7 Å². The molecule has 0 bridgehead atoms. The highest BCUT2D eigenvalue weighted by molar-refractivity contribution is 9.10. The lowest BCUT2D eigenvalue weighted by Crippen LogP contribution is -2.30. The van der Waals surface area contributed by atoms with E-state index in [4.69, 9.17) is 12.2 Å². The summed E-state index contributed by atoms with van der Waals surface area (Å²) in [4.78, 5) is 14.6. The number of nitrogens with one attached hydrogen (secondary N) is 1. The van der Waals surface area contributed by atoms with Crippen molar-refractivity contribution in [3.63, 3.8) is 0 Å². The molecule has 0 aliphatic carbocycles. The van der Waals surface area contributed by atoms with Crippen molar-refractivity contribution in [1.29, 1.82) is 0 Å². The number of fused-ring (bicyclic) bond motifs is 1. The molecule has 1 aliphatic heterocycles. The number of hydrogen-bond donors (Lipinski definition) is 1. The molecule has 4 aromatic rings. The van der Waals surface area contributed by atoms with Crippen molar-refractivity contribution < 1.29 is 4.79 Å². The van der Waals surface area contributed by atoms with Gasteiger partial charge in [-0.05, 0) is 54.2 Å². The zero-order valence-electron chi connectivity index (χ0n) is 16.5. The molecule has 0 saturated carbocycles. The van der Waals surface area contributed by atoms with Crippen LogP contribution in [-0.4, -0.2) is 15.6 Å². The average Bonchev–Trinajstić information content (AvgIpc) is 3.25. The maximum absolute atomic E-state index is 13.1. The molecule has 2 heterocycles. The van der Waals surface area contributed by atoms with Crippen LogP contribution in [0, 0.1) is 0 Å². The van der Waals surface area contributed by atoms with Crippen LogP contribution in [-0.2, 0) is 11.3 Å². The van der Waals surface area contributed by atoms with E-state index in [-0.39, 0.29) is 5.91 Å². The molecule has 1 N–H and O–H groups in total. The van der Waals surface area contributed by atoms with E-state index in [2.05, 4.69) is 56.3 Å². The Morgan fingerprint density at radius 1 is 0.968 bits per heavy atom. The van der Waals surface area contributed by atoms with E-state index in [0.717, 1.165) is 33.2 Å². The third-order valence-electron chi connectivity index (χ3n) is 5.26. The summed E-state index contributed by atoms with van der Waals surface area (Å²) in [6.07, 6.45) is 3.97. The van der Waals surface area contributed by atoms with E-state index >= 15 is 0 Å². The molecule has 0 radical (unpaired) electrons. The molecule has 0 atom stereocenters. The predicted octanol–water partition coefficient (Wildman–Crippen LogP) is 5.71. The van der Waals surface area contributed by atoms with Crippen molar-refractivity contribution in [3.8, 4) is 0 Å². The first-order valence-corrected chi connectivity index (χ1v) is 11.0. The number of thiocarbonyl (C=S) groups is 1. The summed E-state index contributed by atoms with van der Waals surface area (Å²) in [6.45, 7) is 0.748. The van der Waals surface area contributed by atoms with E-state index in [1.807, 2.05) is 60.7 Å². The first-order chi connectivity index (χ1) is 15.1. The molecular weight excluding hydrogens is 470 g/mol. The third kappa shape index (κ3) is 3.80. The van der Waals surface area contributed by atoms with E-state index in [1.165, 1.54) is 10.5 Å². The van der Waals surface area contributed by atoms with Crippen LogP contribution in [0.15, 0.2) is 95.2 Å². The quantitative estimate of drug-likeness (QED) is 0.295. The van der Waals surface area contributed by atoms with Crippen molar-refractivity contribution in [2.24, 2.45) is 0 Å². The molecule has 6 heteroatoms. The van der Waals surface area contributed by atoms with E-state index in [9.17, 15) is 4.79 Å². The highest BCUT2D eigenvalue weighted by atomic mass is 79.9. The zero-order valence-corrected chi connectivity index (χ0v) is 18.9. The number of anilines is 1. The molecule has 0 spiro atoms. The Balaban J connectivity index is 1.56. The summed E-state index contributed by atoms with van der Waals surface area (Å²) in [6, 6.07) is 26.0. The van der Waals surface area contributed by atoms with Crippen molar-refractivity contribution in [2.75, 3.05) is 4.90 Å². The molecular formula is C25H18BrN3OS. The minimum absolute atomic E-state index is 0.157. The maximum atomic E-state index is 13.1. The fraction of sp³-hybridized carbons (Fsp3) is 0.0400. The lowest BCUT2D eigenvalue weighted by Gasteiger charge is -2.13. The highest BCUT2D eigenvalue weighted by Crippen LogP contribution is 2.29. The van der Waals surface area contributed by atoms with Gasteiger partial charge in [-0.25, -0.2) is 0 Å². The Bertz CT molecular complexity index is 1330. The second-order valence-corrected chi connectivity index (χ2v) is 8.63. The third-order valence-corrected chi connectivity index (χ3v) is 6.04. The van der Waals surface area contributed by atoms with Gasteiger partial charge in [0.15, 0.2) is 5.11 Å². The van der Waals surface area contributed by atoms with Crippen LogP contribution in [0.3, 0.4) is 0 Å². The normalized spacial score (nSPS) is 15.1. The van der Waals surface area contributed by atoms with E-state index < -0.39 is 0 Å². The van der Waals surface area contributed by atoms with Crippen LogP contribution in [0.2, 0.25) is 0 Å². The molecule has 0 unspecified atom stereocenters. The Kier molecular flexibility index (Phi) is 5.18. The molecule has 5 rings (SSSR count). The molecule has 152 valence electrons. The van der Waals surface area contributed by atoms with Gasteiger partial charge < -0.3 is 9.88 Å². The number of hydrogen-bond acceptors (Lipinski definition) is 2. The van der Waals surface area contributed by atoms with Crippen LogP contribution in [0.25, 0.3) is 17.0 Å². The number of nitrogens with zero attached hydrogens (tertiary/aromatic N) is 2. The second kappa shape index (κ2) is 8.13. The topological polar surface area (TPSA) is 37.3 Å². The summed E-state index contributed by atoms with van der Waals surface area (Å²) in [5.74, 6) is -0.157. The van der Waals surface area contributed by atoms with Crippen molar-refractivity contribution in [1.82, 2.24) is 9.88 Å². The van der Waals surface area contributed by atoms with Crippen LogP contribution in [0.5, 0.6) is 0 Å². The number of aromatic nitrogens is 1. The smallest absolute Gasteiger partial charge is 0.281 e. The van der Waals surface area contributed by atoms with Gasteiger partial charge in [0.1, 0.15) is 5.70 Å². The van der Waals surface area contributed by atoms with Crippen LogP contribution in [0.1, 0.15) is 11.1 Å². The fourth-order valence-electron chi connectivity index (χ4n) is 3.83. The number of rotatable bonds is 4. The average molecular weight is 488 g/mol. The zero-order chi connectivity index (χ0) is 21.4. The number of carbonyl (C=O) groups excluding carboxylic acids is 1. The van der Waals surface area contributed by atoms with Gasteiger partial charge in [0.25, 0.3) is 5.91 Å². The minimum atomic E-state index is -0.157. The second-order valence-electron chi connectivity index (χ2n) is 7.32. The Morgan fingerprint density at radius 2 is 1.68 bits per heavy atom. The first-order valence-electron chi connectivity index (χ1n) is 9.85. The van der Waals surface area contributed by atoms with Gasteiger partial charge in [-0.3, -0.25) is 9.69 Å². The summed E-state index contributed by atoms with van der Waals surface area (Å²) in [5, 5.41) is 4.54. The molecule has 4 nitrogen and oxygen atoms in total. The molecule has 1 fully saturated rings. The highest BCUT2D eigenvalue weighted by Gasteiger charge is 2.32. The van der Waals surface area contributed by atoms with Gasteiger partial charge in [-0.2, -0.15) is 0 Å². The minimum Gasteiger partial charge on any atom is -0.342 e. The summed E-state index contributed by atoms with van der Waals surface area (Å²) < 4.78 is 3.19. The number of amides is 1. The SMILES string of the molecule is O=C1/C(=C/c2cn(Cc3ccccc3)c3ccc(Br)cc23)NC(=S)N1c1ccccc1. The maximum Gasteiger partial charge on any atom is 0.281 e.